The van der Waals surface area contributed by atoms with Crippen LogP contribution in [0, 0.1) is 5.21 Å². The number of nitrogens with zero attached hydrogens (tertiary/aromatic N) is 1. The first kappa shape index (κ1) is 22.2. The van der Waals surface area contributed by atoms with E-state index in [0.29, 0.717) is 15.5 Å². The highest BCUT2D eigenvalue weighted by molar-refractivity contribution is 7.55. The van der Waals surface area contributed by atoms with Crippen LogP contribution in [0.2, 0.25) is 24.7 Å². The number of hydrogen-bond donors (Lipinski definition) is 0. The molecule has 0 aliphatic heterocycles. The Morgan fingerprint density at radius 2 is 1.68 bits per heavy atom. The molecule has 0 aliphatic carbocycles. The zero-order valence-corrected chi connectivity index (χ0v) is 18.3. The summed E-state index contributed by atoms with van der Waals surface area (Å²) in [6, 6.07) is 6.77. The molecule has 0 saturated heterocycles. The Balaban J connectivity index is 3.48. The summed E-state index contributed by atoms with van der Waals surface area (Å²) in [7, 11) is -5.76. The van der Waals surface area contributed by atoms with Crippen molar-refractivity contribution in [2.45, 2.75) is 46.1 Å². The van der Waals surface area contributed by atoms with Crippen LogP contribution in [0.25, 0.3) is 0 Å². The number of benzene rings is 1. The van der Waals surface area contributed by atoms with Crippen molar-refractivity contribution >= 4 is 33.2 Å². The van der Waals surface area contributed by atoms with Crippen molar-refractivity contribution in [3.63, 3.8) is 0 Å². The summed E-state index contributed by atoms with van der Waals surface area (Å²) in [4.78, 5) is 0.455. The van der Waals surface area contributed by atoms with E-state index < -0.39 is 21.6 Å². The molecular formula is C16H27ClNO5PSi. The fourth-order valence-electron chi connectivity index (χ4n) is 2.26. The van der Waals surface area contributed by atoms with E-state index in [1.165, 1.54) is 0 Å². The van der Waals surface area contributed by atoms with Crippen LogP contribution in [0.3, 0.4) is 0 Å². The molecule has 0 radical (unpaired) electrons. The fourth-order valence-corrected chi connectivity index (χ4v) is 5.21. The van der Waals surface area contributed by atoms with Gasteiger partial charge in [-0.3, -0.25) is 9.77 Å². The lowest BCUT2D eigenvalue weighted by Crippen LogP contribution is -2.33. The van der Waals surface area contributed by atoms with E-state index in [1.807, 2.05) is 19.6 Å². The molecule has 0 bridgehead atoms. The Labute approximate surface area is 155 Å². The second-order valence-electron chi connectivity index (χ2n) is 6.43. The number of hydrogen-bond acceptors (Lipinski definition) is 5. The third kappa shape index (κ3) is 6.42. The molecule has 0 saturated carbocycles. The summed E-state index contributed by atoms with van der Waals surface area (Å²) in [5.74, 6) is 0. The highest BCUT2D eigenvalue weighted by atomic mass is 35.5. The first-order valence-electron chi connectivity index (χ1n) is 8.18. The second-order valence-corrected chi connectivity index (χ2v) is 13.4. The van der Waals surface area contributed by atoms with Crippen molar-refractivity contribution in [1.82, 2.24) is 0 Å². The SMILES string of the molecule is CCOP(=O)(OCC)C(/C(C)=[N+](/[O-])O[Si](C)(C)C)c1ccc(Cl)cc1. The van der Waals surface area contributed by atoms with Crippen molar-refractivity contribution in [2.24, 2.45) is 0 Å². The smallest absolute Gasteiger partial charge is 0.348 e. The molecule has 6 nitrogen and oxygen atoms in total. The van der Waals surface area contributed by atoms with E-state index in [1.54, 1.807) is 45.0 Å². The lowest BCUT2D eigenvalue weighted by Gasteiger charge is -2.27. The predicted octanol–water partition coefficient (Wildman–Crippen LogP) is 5.38. The van der Waals surface area contributed by atoms with Gasteiger partial charge in [0.15, 0.2) is 14.0 Å². The Hall–Kier alpha value is -0.853. The van der Waals surface area contributed by atoms with Gasteiger partial charge in [-0.2, -0.15) is 0 Å². The van der Waals surface area contributed by atoms with E-state index in [4.69, 9.17) is 25.2 Å². The zero-order chi connectivity index (χ0) is 19.3. The summed E-state index contributed by atoms with van der Waals surface area (Å²) in [5.41, 5.74) is -0.0411. The van der Waals surface area contributed by atoms with Crippen molar-refractivity contribution in [1.29, 1.82) is 0 Å². The maximum Gasteiger partial charge on any atom is 0.348 e. The molecule has 1 aromatic carbocycles. The topological polar surface area (TPSA) is 70.8 Å². The van der Waals surface area contributed by atoms with Crippen molar-refractivity contribution in [3.05, 3.63) is 40.1 Å². The maximum absolute atomic E-state index is 13.4. The fraction of sp³-hybridized carbons (Fsp3) is 0.562. The van der Waals surface area contributed by atoms with Crippen LogP contribution in [0.5, 0.6) is 0 Å². The molecule has 1 aromatic rings. The highest BCUT2D eigenvalue weighted by Crippen LogP contribution is 2.61. The average Bonchev–Trinajstić information content (AvgIpc) is 2.48. The van der Waals surface area contributed by atoms with Gasteiger partial charge in [-0.05, 0) is 31.5 Å². The molecule has 1 unspecified atom stereocenters. The van der Waals surface area contributed by atoms with Crippen LogP contribution in [-0.2, 0) is 18.1 Å². The summed E-state index contributed by atoms with van der Waals surface area (Å²) in [6.07, 6.45) is 0. The first-order chi connectivity index (χ1) is 11.5. The largest absolute Gasteiger partial charge is 0.443 e. The lowest BCUT2D eigenvalue weighted by atomic mass is 10.1. The number of rotatable bonds is 9. The quantitative estimate of drug-likeness (QED) is 0.180. The lowest BCUT2D eigenvalue weighted by molar-refractivity contribution is -0.705. The van der Waals surface area contributed by atoms with Gasteiger partial charge in [0.2, 0.25) is 5.71 Å². The molecule has 9 heteroatoms. The van der Waals surface area contributed by atoms with E-state index in [9.17, 15) is 9.77 Å². The van der Waals surface area contributed by atoms with Gasteiger partial charge >= 0.3 is 7.60 Å². The van der Waals surface area contributed by atoms with Crippen molar-refractivity contribution < 1.29 is 23.0 Å². The summed E-state index contributed by atoms with van der Waals surface area (Å²) >= 11 is 5.95. The van der Waals surface area contributed by atoms with Crippen LogP contribution in [0.1, 0.15) is 32.0 Å². The van der Waals surface area contributed by atoms with Gasteiger partial charge in [0.1, 0.15) is 0 Å². The maximum atomic E-state index is 13.4. The van der Waals surface area contributed by atoms with Gasteiger partial charge in [-0.15, -0.1) is 0 Å². The minimum Gasteiger partial charge on any atom is -0.443 e. The third-order valence-corrected chi connectivity index (χ3v) is 6.67. The molecule has 0 heterocycles. The number of halogens is 1. The van der Waals surface area contributed by atoms with Gasteiger partial charge in [-0.1, -0.05) is 43.4 Å². The van der Waals surface area contributed by atoms with Crippen molar-refractivity contribution in [3.8, 4) is 0 Å². The highest BCUT2D eigenvalue weighted by Gasteiger charge is 2.44. The summed E-state index contributed by atoms with van der Waals surface area (Å²) in [6.45, 7) is 11.1. The first-order valence-corrected chi connectivity index (χ1v) is 13.6. The normalized spacial score (nSPS) is 14.8. The molecule has 0 N–H and O–H groups in total. The van der Waals surface area contributed by atoms with Crippen LogP contribution in [0.15, 0.2) is 24.3 Å². The molecule has 0 aromatic heterocycles. The van der Waals surface area contributed by atoms with Gasteiger partial charge in [0.25, 0.3) is 0 Å². The molecule has 1 rings (SSSR count). The van der Waals surface area contributed by atoms with Gasteiger partial charge in [0.05, 0.1) is 13.2 Å². The monoisotopic (exact) mass is 407 g/mol. The molecule has 25 heavy (non-hydrogen) atoms. The average molecular weight is 408 g/mol. The van der Waals surface area contributed by atoms with Gasteiger partial charge in [0, 0.05) is 16.8 Å². The van der Waals surface area contributed by atoms with E-state index in [0.717, 1.165) is 0 Å². The van der Waals surface area contributed by atoms with Crippen LogP contribution < -0.4 is 0 Å². The van der Waals surface area contributed by atoms with Crippen LogP contribution in [0.4, 0.5) is 0 Å². The van der Waals surface area contributed by atoms with E-state index in [2.05, 4.69) is 0 Å². The van der Waals surface area contributed by atoms with E-state index in [-0.39, 0.29) is 18.9 Å². The van der Waals surface area contributed by atoms with E-state index >= 15 is 0 Å². The Bertz CT molecular complexity index is 635. The van der Waals surface area contributed by atoms with Crippen LogP contribution >= 0.6 is 19.2 Å². The van der Waals surface area contributed by atoms with Gasteiger partial charge in [-0.25, -0.2) is 0 Å². The minimum atomic E-state index is -3.63. The Morgan fingerprint density at radius 3 is 2.08 bits per heavy atom. The molecule has 0 amide bonds. The molecule has 0 aliphatic rings. The van der Waals surface area contributed by atoms with Crippen LogP contribution in [-0.4, -0.2) is 32.1 Å². The molecule has 142 valence electrons. The summed E-state index contributed by atoms with van der Waals surface area (Å²) in [5, 5.41) is 13.1. The third-order valence-electron chi connectivity index (χ3n) is 3.16. The van der Waals surface area contributed by atoms with Crippen molar-refractivity contribution in [2.75, 3.05) is 13.2 Å². The predicted molar refractivity (Wildman–Crippen MR) is 104 cm³/mol. The molecule has 1 atom stereocenters. The summed E-state index contributed by atoms with van der Waals surface area (Å²) < 4.78 is 29.9. The Morgan fingerprint density at radius 1 is 1.20 bits per heavy atom. The molecular weight excluding hydrogens is 381 g/mol. The minimum absolute atomic E-state index is 0.197. The Kier molecular flexibility index (Phi) is 8.16. The standard InChI is InChI=1S/C16H27ClNO5PSi/c1-7-21-24(20,22-8-2)16(14-9-11-15(17)12-10-14)13(3)18(19)23-25(4,5)6/h9-12,16H,7-8H2,1-6H3/b18-13-. The zero-order valence-electron chi connectivity index (χ0n) is 15.6. The second kappa shape index (κ2) is 9.19. The molecule has 0 fully saturated rings. The molecule has 0 spiro atoms. The van der Waals surface area contributed by atoms with Gasteiger partial charge < -0.3 is 13.6 Å².